The van der Waals surface area contributed by atoms with E-state index >= 15 is 0 Å². The smallest absolute Gasteiger partial charge is 0.126 e. The van der Waals surface area contributed by atoms with Gasteiger partial charge < -0.3 is 5.11 Å². The molecule has 0 saturated heterocycles. The molecule has 0 aliphatic heterocycles. The summed E-state index contributed by atoms with van der Waals surface area (Å²) in [4.78, 5) is 4.24. The highest BCUT2D eigenvalue weighted by Crippen LogP contribution is 2.23. The lowest BCUT2D eigenvalue weighted by molar-refractivity contribution is 0.177. The van der Waals surface area contributed by atoms with Crippen LogP contribution in [0.4, 0.5) is 4.39 Å². The van der Waals surface area contributed by atoms with Crippen LogP contribution in [-0.4, -0.2) is 10.1 Å². The Balaban J connectivity index is 1.89. The van der Waals surface area contributed by atoms with E-state index in [0.717, 1.165) is 16.5 Å². The van der Waals surface area contributed by atoms with E-state index in [4.69, 9.17) is 0 Å². The van der Waals surface area contributed by atoms with Crippen LogP contribution in [0.5, 0.6) is 0 Å². The second-order valence-electron chi connectivity index (χ2n) is 4.77. The summed E-state index contributed by atoms with van der Waals surface area (Å²) in [5.74, 6) is -0.283. The first-order valence-electron chi connectivity index (χ1n) is 6.50. The first-order valence-corrected chi connectivity index (χ1v) is 6.50. The highest BCUT2D eigenvalue weighted by atomic mass is 19.1. The Hall–Kier alpha value is -2.26. The summed E-state index contributed by atoms with van der Waals surface area (Å²) in [6, 6.07) is 15.9. The minimum absolute atomic E-state index is 0.262. The SMILES string of the molecule is OC(Cc1ccccc1F)c1ccc2ncccc2c1. The second-order valence-corrected chi connectivity index (χ2v) is 4.77. The summed E-state index contributed by atoms with van der Waals surface area (Å²) in [5, 5.41) is 11.2. The van der Waals surface area contributed by atoms with Gasteiger partial charge in [-0.2, -0.15) is 0 Å². The maximum Gasteiger partial charge on any atom is 0.126 e. The monoisotopic (exact) mass is 267 g/mol. The molecule has 0 radical (unpaired) electrons. The molecule has 1 unspecified atom stereocenters. The number of nitrogens with zero attached hydrogens (tertiary/aromatic N) is 1. The number of hydrogen-bond acceptors (Lipinski definition) is 2. The fraction of sp³-hybridized carbons (Fsp3) is 0.118. The first-order chi connectivity index (χ1) is 9.74. The quantitative estimate of drug-likeness (QED) is 0.785. The van der Waals surface area contributed by atoms with Crippen molar-refractivity contribution in [2.24, 2.45) is 0 Å². The van der Waals surface area contributed by atoms with Gasteiger partial charge in [-0.25, -0.2) is 4.39 Å². The molecule has 2 aromatic carbocycles. The number of halogens is 1. The van der Waals surface area contributed by atoms with Crippen molar-refractivity contribution < 1.29 is 9.50 Å². The standard InChI is InChI=1S/C17H14FNO/c18-15-6-2-1-4-12(15)11-17(20)14-7-8-16-13(10-14)5-3-9-19-16/h1-10,17,20H,11H2. The molecule has 20 heavy (non-hydrogen) atoms. The molecular weight excluding hydrogens is 253 g/mol. The topological polar surface area (TPSA) is 33.1 Å². The number of aliphatic hydroxyl groups is 1. The lowest BCUT2D eigenvalue weighted by Gasteiger charge is -2.12. The Morgan fingerprint density at radius 1 is 1.05 bits per heavy atom. The molecule has 0 saturated carbocycles. The van der Waals surface area contributed by atoms with E-state index in [-0.39, 0.29) is 12.2 Å². The summed E-state index contributed by atoms with van der Waals surface area (Å²) in [6.45, 7) is 0. The van der Waals surface area contributed by atoms with Crippen molar-refractivity contribution in [3.05, 3.63) is 77.7 Å². The molecule has 3 aromatic rings. The lowest BCUT2D eigenvalue weighted by atomic mass is 9.99. The van der Waals surface area contributed by atoms with E-state index < -0.39 is 6.10 Å². The summed E-state index contributed by atoms with van der Waals surface area (Å²) < 4.78 is 13.6. The van der Waals surface area contributed by atoms with Crippen molar-refractivity contribution in [2.75, 3.05) is 0 Å². The predicted molar refractivity (Wildman–Crippen MR) is 76.8 cm³/mol. The van der Waals surface area contributed by atoms with E-state index in [1.807, 2.05) is 30.3 Å². The molecule has 0 amide bonds. The Morgan fingerprint density at radius 3 is 2.75 bits per heavy atom. The fourth-order valence-electron chi connectivity index (χ4n) is 2.29. The maximum atomic E-state index is 13.6. The normalized spacial score (nSPS) is 12.5. The lowest BCUT2D eigenvalue weighted by Crippen LogP contribution is -2.03. The summed E-state index contributed by atoms with van der Waals surface area (Å²) in [7, 11) is 0. The second kappa shape index (κ2) is 5.39. The van der Waals surface area contributed by atoms with E-state index in [9.17, 15) is 9.50 Å². The molecule has 1 aromatic heterocycles. The van der Waals surface area contributed by atoms with Crippen molar-refractivity contribution in [3.63, 3.8) is 0 Å². The van der Waals surface area contributed by atoms with Gasteiger partial charge >= 0.3 is 0 Å². The van der Waals surface area contributed by atoms with Gasteiger partial charge in [-0.1, -0.05) is 30.3 Å². The molecular formula is C17H14FNO. The number of aliphatic hydroxyl groups excluding tert-OH is 1. The van der Waals surface area contributed by atoms with Gasteiger partial charge in [0.2, 0.25) is 0 Å². The van der Waals surface area contributed by atoms with Gasteiger partial charge in [-0.05, 0) is 35.4 Å². The highest BCUT2D eigenvalue weighted by Gasteiger charge is 2.11. The van der Waals surface area contributed by atoms with Gasteiger partial charge in [0.1, 0.15) is 5.82 Å². The number of pyridine rings is 1. The summed E-state index contributed by atoms with van der Waals surface area (Å²) in [5.41, 5.74) is 2.18. The van der Waals surface area contributed by atoms with Crippen molar-refractivity contribution in [1.29, 1.82) is 0 Å². The van der Waals surface area contributed by atoms with Crippen LogP contribution in [0.2, 0.25) is 0 Å². The average molecular weight is 267 g/mol. The zero-order chi connectivity index (χ0) is 13.9. The average Bonchev–Trinajstić information content (AvgIpc) is 2.49. The molecule has 0 aliphatic rings. The Bertz CT molecular complexity index is 742. The fourth-order valence-corrected chi connectivity index (χ4v) is 2.29. The van der Waals surface area contributed by atoms with Gasteiger partial charge in [-0.15, -0.1) is 0 Å². The van der Waals surface area contributed by atoms with Crippen LogP contribution < -0.4 is 0 Å². The largest absolute Gasteiger partial charge is 0.388 e. The molecule has 0 fully saturated rings. The van der Waals surface area contributed by atoms with Crippen LogP contribution in [-0.2, 0) is 6.42 Å². The van der Waals surface area contributed by atoms with Gasteiger partial charge in [0.15, 0.2) is 0 Å². The third kappa shape index (κ3) is 2.53. The third-order valence-corrected chi connectivity index (χ3v) is 3.38. The minimum Gasteiger partial charge on any atom is -0.388 e. The van der Waals surface area contributed by atoms with E-state index in [1.165, 1.54) is 6.07 Å². The van der Waals surface area contributed by atoms with Crippen LogP contribution >= 0.6 is 0 Å². The number of hydrogen-bond donors (Lipinski definition) is 1. The molecule has 1 atom stereocenters. The maximum absolute atomic E-state index is 13.6. The predicted octanol–water partition coefficient (Wildman–Crippen LogP) is 3.65. The van der Waals surface area contributed by atoms with Gasteiger partial charge in [-0.3, -0.25) is 4.98 Å². The van der Waals surface area contributed by atoms with Crippen LogP contribution in [0.15, 0.2) is 60.8 Å². The highest BCUT2D eigenvalue weighted by molar-refractivity contribution is 5.79. The summed E-state index contributed by atoms with van der Waals surface area (Å²) in [6.07, 6.45) is 1.27. The van der Waals surface area contributed by atoms with Crippen LogP contribution in [0.25, 0.3) is 10.9 Å². The number of aromatic nitrogens is 1. The molecule has 3 heteroatoms. The molecule has 3 rings (SSSR count). The minimum atomic E-state index is -0.725. The van der Waals surface area contributed by atoms with Gasteiger partial charge in [0, 0.05) is 18.0 Å². The molecule has 2 nitrogen and oxygen atoms in total. The number of benzene rings is 2. The molecule has 1 heterocycles. The zero-order valence-corrected chi connectivity index (χ0v) is 10.8. The molecule has 0 spiro atoms. The van der Waals surface area contributed by atoms with E-state index in [1.54, 1.807) is 24.4 Å². The van der Waals surface area contributed by atoms with E-state index in [0.29, 0.717) is 5.56 Å². The Labute approximate surface area is 116 Å². The summed E-state index contributed by atoms with van der Waals surface area (Å²) >= 11 is 0. The zero-order valence-electron chi connectivity index (χ0n) is 10.8. The molecule has 100 valence electrons. The first kappa shape index (κ1) is 12.8. The number of rotatable bonds is 3. The van der Waals surface area contributed by atoms with Gasteiger partial charge in [0.05, 0.1) is 11.6 Å². The third-order valence-electron chi connectivity index (χ3n) is 3.38. The van der Waals surface area contributed by atoms with Crippen molar-refractivity contribution in [1.82, 2.24) is 4.98 Å². The van der Waals surface area contributed by atoms with Crippen molar-refractivity contribution >= 4 is 10.9 Å². The van der Waals surface area contributed by atoms with Crippen LogP contribution in [0.3, 0.4) is 0 Å². The number of fused-ring (bicyclic) bond motifs is 1. The molecule has 1 N–H and O–H groups in total. The molecule has 0 bridgehead atoms. The van der Waals surface area contributed by atoms with Crippen molar-refractivity contribution in [3.8, 4) is 0 Å². The van der Waals surface area contributed by atoms with Crippen LogP contribution in [0, 0.1) is 5.82 Å². The molecule has 0 aliphatic carbocycles. The van der Waals surface area contributed by atoms with Crippen LogP contribution in [0.1, 0.15) is 17.2 Å². The Kier molecular flexibility index (Phi) is 3.44. The van der Waals surface area contributed by atoms with Gasteiger partial charge in [0.25, 0.3) is 0 Å². The van der Waals surface area contributed by atoms with E-state index in [2.05, 4.69) is 4.98 Å². The van der Waals surface area contributed by atoms with Crippen molar-refractivity contribution in [2.45, 2.75) is 12.5 Å². The Morgan fingerprint density at radius 2 is 1.90 bits per heavy atom.